The Hall–Kier alpha value is -2.04. The zero-order valence-corrected chi connectivity index (χ0v) is 10.1. The van der Waals surface area contributed by atoms with Crippen LogP contribution in [0.2, 0.25) is 0 Å². The number of anilines is 2. The topological polar surface area (TPSA) is 54.8 Å². The van der Waals surface area contributed by atoms with E-state index in [0.29, 0.717) is 0 Å². The minimum Gasteiger partial charge on any atom is -0.373 e. The molecule has 0 unspecified atom stereocenters. The Morgan fingerprint density at radius 2 is 2.06 bits per heavy atom. The highest BCUT2D eigenvalue weighted by Gasteiger charge is 1.99. The molecular weight excluding hydrogens is 214 g/mol. The van der Waals surface area contributed by atoms with Crippen LogP contribution >= 0.6 is 0 Å². The Morgan fingerprint density at radius 1 is 1.24 bits per heavy atom. The first-order valence-electron chi connectivity index (χ1n) is 5.65. The van der Waals surface area contributed by atoms with Gasteiger partial charge in [-0.15, -0.1) is 0 Å². The van der Waals surface area contributed by atoms with Gasteiger partial charge in [0.1, 0.15) is 11.6 Å². The number of rotatable bonds is 5. The number of aryl methyl sites for hydroxylation is 1. The van der Waals surface area contributed by atoms with E-state index in [1.54, 1.807) is 0 Å². The van der Waals surface area contributed by atoms with E-state index in [0.717, 1.165) is 24.6 Å². The third kappa shape index (κ3) is 2.96. The van der Waals surface area contributed by atoms with Gasteiger partial charge in [0, 0.05) is 39.0 Å². The smallest absolute Gasteiger partial charge is 0.128 e. The van der Waals surface area contributed by atoms with Crippen molar-refractivity contribution in [2.45, 2.75) is 6.42 Å². The second-order valence-electron chi connectivity index (χ2n) is 3.78. The fraction of sp³-hybridized carbons (Fsp3) is 0.333. The monoisotopic (exact) mass is 231 g/mol. The molecule has 5 heteroatoms. The number of nitrogens with zero attached hydrogens (tertiary/aromatic N) is 3. The molecule has 0 radical (unpaired) electrons. The third-order valence-corrected chi connectivity index (χ3v) is 2.61. The van der Waals surface area contributed by atoms with Crippen molar-refractivity contribution in [2.75, 3.05) is 24.2 Å². The summed E-state index contributed by atoms with van der Waals surface area (Å²) in [5.74, 6) is 1.76. The van der Waals surface area contributed by atoms with Crippen molar-refractivity contribution in [1.82, 2.24) is 14.8 Å². The number of hydrogen-bond acceptors (Lipinski definition) is 4. The number of hydrogen-bond donors (Lipinski definition) is 2. The van der Waals surface area contributed by atoms with Gasteiger partial charge in [-0.1, -0.05) is 6.07 Å². The molecule has 0 spiro atoms. The van der Waals surface area contributed by atoms with Crippen molar-refractivity contribution in [3.63, 3.8) is 0 Å². The van der Waals surface area contributed by atoms with Gasteiger partial charge in [0.2, 0.25) is 0 Å². The third-order valence-electron chi connectivity index (χ3n) is 2.61. The van der Waals surface area contributed by atoms with Crippen LogP contribution in [-0.2, 0) is 13.5 Å². The summed E-state index contributed by atoms with van der Waals surface area (Å²) in [6.45, 7) is 0.847. The first kappa shape index (κ1) is 11.4. The molecule has 2 rings (SSSR count). The summed E-state index contributed by atoms with van der Waals surface area (Å²) < 4.78 is 1.89. The number of aromatic nitrogens is 3. The Labute approximate surface area is 101 Å². The summed E-state index contributed by atoms with van der Waals surface area (Å²) >= 11 is 0. The largest absolute Gasteiger partial charge is 0.373 e. The fourth-order valence-corrected chi connectivity index (χ4v) is 1.64. The van der Waals surface area contributed by atoms with E-state index >= 15 is 0 Å². The molecule has 0 aliphatic rings. The van der Waals surface area contributed by atoms with Crippen molar-refractivity contribution < 1.29 is 0 Å². The summed E-state index contributed by atoms with van der Waals surface area (Å²) in [7, 11) is 3.82. The van der Waals surface area contributed by atoms with Crippen LogP contribution in [0.25, 0.3) is 0 Å². The van der Waals surface area contributed by atoms with Crippen LogP contribution < -0.4 is 10.6 Å². The Morgan fingerprint density at radius 3 is 2.76 bits per heavy atom. The molecule has 0 aliphatic carbocycles. The number of pyridine rings is 1. The van der Waals surface area contributed by atoms with Gasteiger partial charge in [0.25, 0.3) is 0 Å². The van der Waals surface area contributed by atoms with Crippen LogP contribution in [0.15, 0.2) is 30.5 Å². The van der Waals surface area contributed by atoms with E-state index in [9.17, 15) is 0 Å². The van der Waals surface area contributed by atoms with Gasteiger partial charge in [-0.3, -0.25) is 4.68 Å². The Kier molecular flexibility index (Phi) is 3.59. The van der Waals surface area contributed by atoms with E-state index < -0.39 is 0 Å². The van der Waals surface area contributed by atoms with Crippen LogP contribution in [0.1, 0.15) is 5.69 Å². The lowest BCUT2D eigenvalue weighted by Crippen LogP contribution is -2.09. The summed E-state index contributed by atoms with van der Waals surface area (Å²) in [4.78, 5) is 4.39. The highest BCUT2D eigenvalue weighted by atomic mass is 15.3. The maximum absolute atomic E-state index is 4.39. The molecule has 2 aromatic rings. The molecule has 17 heavy (non-hydrogen) atoms. The van der Waals surface area contributed by atoms with Crippen molar-refractivity contribution in [3.8, 4) is 0 Å². The van der Waals surface area contributed by atoms with Crippen LogP contribution in [0.3, 0.4) is 0 Å². The predicted octanol–water partition coefficient (Wildman–Crippen LogP) is 1.51. The minimum atomic E-state index is 0.847. The van der Waals surface area contributed by atoms with Gasteiger partial charge in [-0.2, -0.15) is 5.10 Å². The first-order chi connectivity index (χ1) is 8.29. The quantitative estimate of drug-likeness (QED) is 0.819. The average Bonchev–Trinajstić information content (AvgIpc) is 2.76. The summed E-state index contributed by atoms with van der Waals surface area (Å²) in [5.41, 5.74) is 1.21. The molecule has 0 aliphatic heterocycles. The van der Waals surface area contributed by atoms with Crippen molar-refractivity contribution in [3.05, 3.63) is 36.2 Å². The lowest BCUT2D eigenvalue weighted by atomic mass is 10.3. The minimum absolute atomic E-state index is 0.847. The molecule has 2 aromatic heterocycles. The Balaban J connectivity index is 1.87. The van der Waals surface area contributed by atoms with Gasteiger partial charge >= 0.3 is 0 Å². The van der Waals surface area contributed by atoms with Gasteiger partial charge in [0.15, 0.2) is 0 Å². The van der Waals surface area contributed by atoms with E-state index in [4.69, 9.17) is 0 Å². The molecule has 0 aromatic carbocycles. The van der Waals surface area contributed by atoms with Crippen LogP contribution in [0, 0.1) is 0 Å². The molecule has 0 saturated carbocycles. The summed E-state index contributed by atoms with van der Waals surface area (Å²) in [5, 5.41) is 10.4. The molecule has 5 nitrogen and oxygen atoms in total. The molecule has 90 valence electrons. The molecule has 0 bridgehead atoms. The first-order valence-corrected chi connectivity index (χ1v) is 5.65. The molecular formula is C12H17N5. The fourth-order valence-electron chi connectivity index (χ4n) is 1.64. The van der Waals surface area contributed by atoms with E-state index in [1.807, 2.05) is 49.2 Å². The van der Waals surface area contributed by atoms with Gasteiger partial charge in [0.05, 0.1) is 0 Å². The second-order valence-corrected chi connectivity index (χ2v) is 3.78. The molecule has 0 saturated heterocycles. The zero-order valence-electron chi connectivity index (χ0n) is 10.1. The number of nitrogens with one attached hydrogen (secondary N) is 2. The maximum Gasteiger partial charge on any atom is 0.128 e. The Bertz CT molecular complexity index is 477. The molecule has 2 N–H and O–H groups in total. The van der Waals surface area contributed by atoms with E-state index in [2.05, 4.69) is 20.7 Å². The summed E-state index contributed by atoms with van der Waals surface area (Å²) in [6, 6.07) is 7.90. The van der Waals surface area contributed by atoms with E-state index in [1.165, 1.54) is 5.69 Å². The SMILES string of the molecule is CNc1cccc(NCCc2ccnn2C)n1. The lowest BCUT2D eigenvalue weighted by Gasteiger charge is -2.07. The molecule has 0 amide bonds. The maximum atomic E-state index is 4.39. The molecule has 2 heterocycles. The highest BCUT2D eigenvalue weighted by molar-refractivity contribution is 5.44. The van der Waals surface area contributed by atoms with Crippen LogP contribution in [0.5, 0.6) is 0 Å². The standard InChI is InChI=1S/C12H17N5/c1-13-11-4-3-5-12(16-11)14-8-6-10-7-9-15-17(10)2/h3-5,7,9H,6,8H2,1-2H3,(H2,13,14,16). The van der Waals surface area contributed by atoms with Gasteiger partial charge in [-0.05, 0) is 18.2 Å². The highest BCUT2D eigenvalue weighted by Crippen LogP contribution is 2.08. The molecule has 0 atom stereocenters. The normalized spacial score (nSPS) is 10.2. The van der Waals surface area contributed by atoms with Crippen LogP contribution in [0.4, 0.5) is 11.6 Å². The van der Waals surface area contributed by atoms with Crippen molar-refractivity contribution in [2.24, 2.45) is 7.05 Å². The van der Waals surface area contributed by atoms with E-state index in [-0.39, 0.29) is 0 Å². The lowest BCUT2D eigenvalue weighted by molar-refractivity contribution is 0.711. The summed E-state index contributed by atoms with van der Waals surface area (Å²) in [6.07, 6.45) is 2.75. The average molecular weight is 231 g/mol. The van der Waals surface area contributed by atoms with Gasteiger partial charge in [-0.25, -0.2) is 4.98 Å². The van der Waals surface area contributed by atoms with Gasteiger partial charge < -0.3 is 10.6 Å². The van der Waals surface area contributed by atoms with Crippen molar-refractivity contribution in [1.29, 1.82) is 0 Å². The predicted molar refractivity (Wildman–Crippen MR) is 69.2 cm³/mol. The van der Waals surface area contributed by atoms with Crippen molar-refractivity contribution >= 4 is 11.6 Å². The molecule has 0 fully saturated rings. The second kappa shape index (κ2) is 5.34. The zero-order chi connectivity index (χ0) is 12.1. The van der Waals surface area contributed by atoms with Crippen LogP contribution in [-0.4, -0.2) is 28.4 Å².